The first kappa shape index (κ1) is 16.1. The summed E-state index contributed by atoms with van der Waals surface area (Å²) in [7, 11) is 0. The number of carbonyl (C=O) groups is 1. The molecule has 1 amide bonds. The van der Waals surface area contributed by atoms with Crippen LogP contribution in [0.3, 0.4) is 0 Å². The number of carbonyl (C=O) groups excluding carboxylic acids is 1. The summed E-state index contributed by atoms with van der Waals surface area (Å²) >= 11 is 0. The fourth-order valence-corrected chi connectivity index (χ4v) is 3.67. The second kappa shape index (κ2) is 6.84. The number of rotatable bonds is 5. The van der Waals surface area contributed by atoms with Crippen molar-refractivity contribution in [2.45, 2.75) is 37.8 Å². The number of nitrogens with zero attached hydrogens (tertiary/aromatic N) is 1. The molecule has 1 aliphatic carbocycles. The highest BCUT2D eigenvalue weighted by atomic mass is 16.5. The molecule has 5 nitrogen and oxygen atoms in total. The van der Waals surface area contributed by atoms with E-state index in [0.717, 1.165) is 42.9 Å². The van der Waals surface area contributed by atoms with Crippen LogP contribution in [0.5, 0.6) is 5.75 Å². The lowest BCUT2D eigenvalue weighted by Crippen LogP contribution is -2.42. The highest BCUT2D eigenvalue weighted by Gasteiger charge is 2.36. The van der Waals surface area contributed by atoms with E-state index in [1.165, 1.54) is 5.56 Å². The van der Waals surface area contributed by atoms with Crippen LogP contribution in [0.2, 0.25) is 0 Å². The summed E-state index contributed by atoms with van der Waals surface area (Å²) in [5.74, 6) is 1.17. The highest BCUT2D eigenvalue weighted by molar-refractivity contribution is 5.78. The molecule has 1 atom stereocenters. The predicted molar refractivity (Wildman–Crippen MR) is 93.2 cm³/mol. The predicted octanol–water partition coefficient (Wildman–Crippen LogP) is 2.19. The average molecular weight is 338 g/mol. The van der Waals surface area contributed by atoms with Gasteiger partial charge in [-0.25, -0.2) is 0 Å². The van der Waals surface area contributed by atoms with Crippen molar-refractivity contribution in [1.29, 1.82) is 0 Å². The zero-order chi connectivity index (χ0) is 17.2. The van der Waals surface area contributed by atoms with Gasteiger partial charge in [0.25, 0.3) is 0 Å². The standard InChI is InChI=1S/C20H22N2O3/c23-17-10-15(11-17)20(14-4-5-18-13(9-14)6-8-25-18)22-19(24)12-16-3-1-2-7-21-16/h1-5,7,9,15,17,20,23H,6,8,10-12H2,(H,22,24)/t15?,17?,20-/m1/s1. The molecule has 0 saturated heterocycles. The summed E-state index contributed by atoms with van der Waals surface area (Å²) in [6.07, 6.45) is 4.07. The molecule has 25 heavy (non-hydrogen) atoms. The van der Waals surface area contributed by atoms with Crippen molar-refractivity contribution in [1.82, 2.24) is 10.3 Å². The molecule has 1 aliphatic heterocycles. The first-order valence-corrected chi connectivity index (χ1v) is 8.82. The molecule has 2 heterocycles. The molecule has 2 aromatic rings. The lowest BCUT2D eigenvalue weighted by atomic mass is 9.74. The fourth-order valence-electron chi connectivity index (χ4n) is 3.67. The van der Waals surface area contributed by atoms with E-state index >= 15 is 0 Å². The largest absolute Gasteiger partial charge is 0.493 e. The Morgan fingerprint density at radius 1 is 1.32 bits per heavy atom. The lowest BCUT2D eigenvalue weighted by Gasteiger charge is -2.38. The summed E-state index contributed by atoms with van der Waals surface area (Å²) < 4.78 is 5.58. The number of hydrogen-bond donors (Lipinski definition) is 2. The molecule has 1 aromatic carbocycles. The van der Waals surface area contributed by atoms with Gasteiger partial charge in [0.2, 0.25) is 5.91 Å². The molecule has 0 bridgehead atoms. The average Bonchev–Trinajstić information content (AvgIpc) is 3.06. The van der Waals surface area contributed by atoms with Gasteiger partial charge < -0.3 is 15.2 Å². The van der Waals surface area contributed by atoms with Gasteiger partial charge in [0.05, 0.1) is 25.2 Å². The third kappa shape index (κ3) is 3.51. The Balaban J connectivity index is 1.51. The normalized spacial score (nSPS) is 22.4. The van der Waals surface area contributed by atoms with Gasteiger partial charge in [-0.3, -0.25) is 9.78 Å². The maximum Gasteiger partial charge on any atom is 0.226 e. The zero-order valence-electron chi connectivity index (χ0n) is 14.0. The molecular weight excluding hydrogens is 316 g/mol. The topological polar surface area (TPSA) is 71.5 Å². The van der Waals surface area contributed by atoms with Gasteiger partial charge in [0, 0.05) is 18.3 Å². The second-order valence-corrected chi connectivity index (χ2v) is 6.89. The Kier molecular flexibility index (Phi) is 4.40. The van der Waals surface area contributed by atoms with Crippen molar-refractivity contribution in [2.24, 2.45) is 5.92 Å². The van der Waals surface area contributed by atoms with Gasteiger partial charge in [-0.15, -0.1) is 0 Å². The number of amides is 1. The smallest absolute Gasteiger partial charge is 0.226 e. The maximum atomic E-state index is 12.5. The molecule has 2 N–H and O–H groups in total. The van der Waals surface area contributed by atoms with E-state index in [1.54, 1.807) is 6.20 Å². The SMILES string of the molecule is O=C(Cc1ccccn1)N[C@H](c1ccc2c(c1)CCO2)C1CC(O)C1. The highest BCUT2D eigenvalue weighted by Crippen LogP contribution is 2.39. The lowest BCUT2D eigenvalue weighted by molar-refractivity contribution is -0.122. The van der Waals surface area contributed by atoms with Gasteiger partial charge in [-0.05, 0) is 54.2 Å². The maximum absolute atomic E-state index is 12.5. The molecule has 4 rings (SSSR count). The van der Waals surface area contributed by atoms with E-state index in [4.69, 9.17) is 4.74 Å². The first-order valence-electron chi connectivity index (χ1n) is 8.82. The minimum Gasteiger partial charge on any atom is -0.493 e. The number of aliphatic hydroxyl groups excluding tert-OH is 1. The molecule has 130 valence electrons. The monoisotopic (exact) mass is 338 g/mol. The van der Waals surface area contributed by atoms with Crippen molar-refractivity contribution < 1.29 is 14.6 Å². The summed E-state index contributed by atoms with van der Waals surface area (Å²) in [6.45, 7) is 0.720. The van der Waals surface area contributed by atoms with Crippen LogP contribution in [0.1, 0.15) is 35.7 Å². The Bertz CT molecular complexity index is 757. The van der Waals surface area contributed by atoms with Crippen molar-refractivity contribution in [3.8, 4) is 5.75 Å². The van der Waals surface area contributed by atoms with E-state index in [9.17, 15) is 9.90 Å². The van der Waals surface area contributed by atoms with Crippen LogP contribution in [0.15, 0.2) is 42.6 Å². The Morgan fingerprint density at radius 3 is 2.96 bits per heavy atom. The minimum atomic E-state index is -0.252. The van der Waals surface area contributed by atoms with Crippen LogP contribution >= 0.6 is 0 Å². The number of ether oxygens (including phenoxy) is 1. The van der Waals surface area contributed by atoms with E-state index in [-0.39, 0.29) is 30.4 Å². The summed E-state index contributed by atoms with van der Waals surface area (Å²) in [5, 5.41) is 12.9. The van der Waals surface area contributed by atoms with E-state index in [1.807, 2.05) is 30.3 Å². The summed E-state index contributed by atoms with van der Waals surface area (Å²) in [4.78, 5) is 16.7. The van der Waals surface area contributed by atoms with Crippen molar-refractivity contribution >= 4 is 5.91 Å². The Morgan fingerprint density at radius 2 is 2.20 bits per heavy atom. The molecule has 1 saturated carbocycles. The first-order chi connectivity index (χ1) is 12.2. The Labute approximate surface area is 147 Å². The summed E-state index contributed by atoms with van der Waals surface area (Å²) in [6, 6.07) is 11.7. The number of aliphatic hydroxyl groups is 1. The van der Waals surface area contributed by atoms with Crippen molar-refractivity contribution in [2.75, 3.05) is 6.61 Å². The number of aromatic nitrogens is 1. The Hall–Kier alpha value is -2.40. The van der Waals surface area contributed by atoms with Crippen molar-refractivity contribution in [3.05, 3.63) is 59.4 Å². The third-order valence-corrected chi connectivity index (χ3v) is 5.08. The van der Waals surface area contributed by atoms with Crippen LogP contribution < -0.4 is 10.1 Å². The van der Waals surface area contributed by atoms with Gasteiger partial charge >= 0.3 is 0 Å². The van der Waals surface area contributed by atoms with E-state index < -0.39 is 0 Å². The van der Waals surface area contributed by atoms with Crippen LogP contribution in [-0.2, 0) is 17.6 Å². The number of pyridine rings is 1. The molecule has 0 unspecified atom stereocenters. The molecule has 0 spiro atoms. The number of benzene rings is 1. The number of fused-ring (bicyclic) bond motifs is 1. The van der Waals surface area contributed by atoms with Crippen LogP contribution in [0, 0.1) is 5.92 Å². The summed E-state index contributed by atoms with van der Waals surface area (Å²) in [5.41, 5.74) is 3.05. The quantitative estimate of drug-likeness (QED) is 0.877. The second-order valence-electron chi connectivity index (χ2n) is 6.89. The molecular formula is C20H22N2O3. The molecule has 2 aliphatic rings. The molecule has 1 aromatic heterocycles. The van der Waals surface area contributed by atoms with Gasteiger partial charge in [-0.1, -0.05) is 12.1 Å². The third-order valence-electron chi connectivity index (χ3n) is 5.08. The number of nitrogens with one attached hydrogen (secondary N) is 1. The molecule has 1 fully saturated rings. The zero-order valence-corrected chi connectivity index (χ0v) is 14.0. The van der Waals surface area contributed by atoms with E-state index in [0.29, 0.717) is 0 Å². The molecule has 0 radical (unpaired) electrons. The minimum absolute atomic E-state index is 0.0400. The number of hydrogen-bond acceptors (Lipinski definition) is 4. The fraction of sp³-hybridized carbons (Fsp3) is 0.400. The van der Waals surface area contributed by atoms with Crippen molar-refractivity contribution in [3.63, 3.8) is 0 Å². The van der Waals surface area contributed by atoms with E-state index in [2.05, 4.69) is 16.4 Å². The van der Waals surface area contributed by atoms with Gasteiger partial charge in [0.15, 0.2) is 0 Å². The van der Waals surface area contributed by atoms with Gasteiger partial charge in [-0.2, -0.15) is 0 Å². The van der Waals surface area contributed by atoms with Crippen LogP contribution in [0.4, 0.5) is 0 Å². The van der Waals surface area contributed by atoms with Crippen LogP contribution in [-0.4, -0.2) is 28.7 Å². The van der Waals surface area contributed by atoms with Gasteiger partial charge in [0.1, 0.15) is 5.75 Å². The van der Waals surface area contributed by atoms with Crippen LogP contribution in [0.25, 0.3) is 0 Å². The molecule has 5 heteroatoms.